The highest BCUT2D eigenvalue weighted by Crippen LogP contribution is 2.42. The fourth-order valence-electron chi connectivity index (χ4n) is 6.75. The molecule has 3 aliphatic rings. The standard InChI is InChI=1S/C30H37F5O2/c1-2-19-3-5-20(6-4-19)21-7-9-23(10-8-21)29(36)37-25-13-11-22(12-14-25)24-17-27(31)26(28(32)18-24)15-16-30(33,34)35/h17-23,25H,2-14H2,1H3. The minimum Gasteiger partial charge on any atom is -0.462 e. The highest BCUT2D eigenvalue weighted by atomic mass is 19.4. The first-order valence-electron chi connectivity index (χ1n) is 13.9. The SMILES string of the molecule is CCC1CCC(C2CCC(C(=O)OC3CCC(c4cc(F)c(C#CC(F)(F)F)c(F)c4)CC3)CC2)CC1. The predicted octanol–water partition coefficient (Wildman–Crippen LogP) is 8.47. The largest absolute Gasteiger partial charge is 0.462 e. The van der Waals surface area contributed by atoms with Crippen LogP contribution in [0.3, 0.4) is 0 Å². The number of rotatable bonds is 5. The van der Waals surface area contributed by atoms with E-state index in [1.807, 2.05) is 0 Å². The van der Waals surface area contributed by atoms with Crippen LogP contribution in [-0.2, 0) is 9.53 Å². The number of hydrogen-bond donors (Lipinski definition) is 0. The molecule has 1 aromatic rings. The van der Waals surface area contributed by atoms with Crippen LogP contribution < -0.4 is 0 Å². The Balaban J connectivity index is 1.23. The topological polar surface area (TPSA) is 26.3 Å². The molecule has 0 atom stereocenters. The molecule has 204 valence electrons. The highest BCUT2D eigenvalue weighted by molar-refractivity contribution is 5.72. The summed E-state index contributed by atoms with van der Waals surface area (Å²) in [5.41, 5.74) is -0.462. The van der Waals surface area contributed by atoms with Crippen molar-refractivity contribution in [3.63, 3.8) is 0 Å². The molecule has 0 N–H and O–H groups in total. The Kier molecular flexibility index (Phi) is 9.19. The lowest BCUT2D eigenvalue weighted by Crippen LogP contribution is -2.32. The van der Waals surface area contributed by atoms with Gasteiger partial charge in [-0.05, 0) is 106 Å². The number of carbonyl (C=O) groups excluding carboxylic acids is 1. The summed E-state index contributed by atoms with van der Waals surface area (Å²) in [5, 5.41) is 0. The molecule has 37 heavy (non-hydrogen) atoms. The fraction of sp³-hybridized carbons (Fsp3) is 0.700. The molecule has 3 saturated carbocycles. The van der Waals surface area contributed by atoms with Crippen LogP contribution in [0.15, 0.2) is 12.1 Å². The first kappa shape index (κ1) is 27.9. The van der Waals surface area contributed by atoms with Crippen LogP contribution >= 0.6 is 0 Å². The third kappa shape index (κ3) is 7.48. The van der Waals surface area contributed by atoms with Crippen molar-refractivity contribution in [2.24, 2.45) is 23.7 Å². The molecule has 0 aromatic heterocycles. The van der Waals surface area contributed by atoms with E-state index in [2.05, 4.69) is 6.92 Å². The average molecular weight is 525 g/mol. The van der Waals surface area contributed by atoms with Gasteiger partial charge in [0.05, 0.1) is 11.5 Å². The first-order chi connectivity index (χ1) is 17.6. The summed E-state index contributed by atoms with van der Waals surface area (Å²) >= 11 is 0. The zero-order valence-electron chi connectivity index (χ0n) is 21.5. The minimum atomic E-state index is -4.82. The fourth-order valence-corrected chi connectivity index (χ4v) is 6.75. The Morgan fingerprint density at radius 1 is 0.865 bits per heavy atom. The number of hydrogen-bond acceptors (Lipinski definition) is 2. The zero-order valence-corrected chi connectivity index (χ0v) is 21.5. The average Bonchev–Trinajstić information content (AvgIpc) is 2.88. The maximum Gasteiger partial charge on any atom is 0.458 e. The van der Waals surface area contributed by atoms with E-state index in [-0.39, 0.29) is 23.9 Å². The normalized spacial score (nSPS) is 30.8. The van der Waals surface area contributed by atoms with Gasteiger partial charge in [0.2, 0.25) is 0 Å². The van der Waals surface area contributed by atoms with Gasteiger partial charge in [-0.15, -0.1) is 0 Å². The van der Waals surface area contributed by atoms with Gasteiger partial charge in [0.1, 0.15) is 17.7 Å². The molecule has 0 saturated heterocycles. The van der Waals surface area contributed by atoms with Crippen molar-refractivity contribution in [1.82, 2.24) is 0 Å². The minimum absolute atomic E-state index is 0.0329. The molecule has 0 aliphatic heterocycles. The Morgan fingerprint density at radius 3 is 1.92 bits per heavy atom. The lowest BCUT2D eigenvalue weighted by atomic mass is 9.69. The van der Waals surface area contributed by atoms with E-state index in [0.717, 1.165) is 61.5 Å². The second kappa shape index (κ2) is 12.2. The lowest BCUT2D eigenvalue weighted by Gasteiger charge is -2.37. The van der Waals surface area contributed by atoms with Gasteiger partial charge in [-0.2, -0.15) is 13.2 Å². The van der Waals surface area contributed by atoms with Gasteiger partial charge in [-0.3, -0.25) is 4.79 Å². The number of alkyl halides is 3. The monoisotopic (exact) mass is 524 g/mol. The zero-order chi connectivity index (χ0) is 26.6. The van der Waals surface area contributed by atoms with E-state index in [0.29, 0.717) is 31.2 Å². The van der Waals surface area contributed by atoms with E-state index in [1.165, 1.54) is 32.1 Å². The molecule has 2 nitrogen and oxygen atoms in total. The van der Waals surface area contributed by atoms with E-state index in [9.17, 15) is 26.7 Å². The maximum atomic E-state index is 14.3. The smallest absolute Gasteiger partial charge is 0.458 e. The molecule has 0 bridgehead atoms. The summed E-state index contributed by atoms with van der Waals surface area (Å²) in [6.45, 7) is 2.28. The van der Waals surface area contributed by atoms with E-state index in [4.69, 9.17) is 4.74 Å². The lowest BCUT2D eigenvalue weighted by molar-refractivity contribution is -0.157. The third-order valence-electron chi connectivity index (χ3n) is 9.06. The van der Waals surface area contributed by atoms with Crippen molar-refractivity contribution >= 4 is 5.97 Å². The van der Waals surface area contributed by atoms with Gasteiger partial charge in [0, 0.05) is 5.92 Å². The second-order valence-corrected chi connectivity index (χ2v) is 11.3. The van der Waals surface area contributed by atoms with Crippen LogP contribution in [0, 0.1) is 47.1 Å². The van der Waals surface area contributed by atoms with E-state index >= 15 is 0 Å². The van der Waals surface area contributed by atoms with Crippen LogP contribution in [-0.4, -0.2) is 18.2 Å². The molecule has 3 fully saturated rings. The second-order valence-electron chi connectivity index (χ2n) is 11.3. The summed E-state index contributed by atoms with van der Waals surface area (Å²) in [7, 11) is 0. The van der Waals surface area contributed by atoms with Gasteiger partial charge >= 0.3 is 12.1 Å². The van der Waals surface area contributed by atoms with Crippen LogP contribution in [0.25, 0.3) is 0 Å². The Bertz CT molecular complexity index is 960. The summed E-state index contributed by atoms with van der Waals surface area (Å²) < 4.78 is 71.3. The van der Waals surface area contributed by atoms with Crippen LogP contribution in [0.4, 0.5) is 22.0 Å². The molecule has 7 heteroatoms. The quantitative estimate of drug-likeness (QED) is 0.219. The molecule has 0 radical (unpaired) electrons. The number of halogens is 5. The highest BCUT2D eigenvalue weighted by Gasteiger charge is 2.35. The molecular formula is C30H37F5O2. The van der Waals surface area contributed by atoms with Crippen molar-refractivity contribution in [3.8, 4) is 11.8 Å². The number of benzene rings is 1. The summed E-state index contributed by atoms with van der Waals surface area (Å²) in [6, 6.07) is 2.15. The molecule has 4 rings (SSSR count). The van der Waals surface area contributed by atoms with Gasteiger partial charge in [0.15, 0.2) is 0 Å². The summed E-state index contributed by atoms with van der Waals surface area (Å²) in [4.78, 5) is 12.8. The number of esters is 1. The first-order valence-corrected chi connectivity index (χ1v) is 13.9. The van der Waals surface area contributed by atoms with Gasteiger partial charge < -0.3 is 4.74 Å². The van der Waals surface area contributed by atoms with Crippen molar-refractivity contribution in [2.45, 2.75) is 109 Å². The Morgan fingerprint density at radius 2 is 1.41 bits per heavy atom. The molecule has 1 aromatic carbocycles. The van der Waals surface area contributed by atoms with E-state index in [1.54, 1.807) is 5.92 Å². The predicted molar refractivity (Wildman–Crippen MR) is 132 cm³/mol. The van der Waals surface area contributed by atoms with Crippen LogP contribution in [0.2, 0.25) is 0 Å². The number of ether oxygens (including phenoxy) is 1. The Hall–Kier alpha value is -2.10. The molecular weight excluding hydrogens is 487 g/mol. The number of carbonyl (C=O) groups is 1. The van der Waals surface area contributed by atoms with Crippen molar-refractivity contribution in [1.29, 1.82) is 0 Å². The molecule has 0 unspecified atom stereocenters. The van der Waals surface area contributed by atoms with Gasteiger partial charge in [-0.1, -0.05) is 32.1 Å². The molecule has 0 amide bonds. The summed E-state index contributed by atoms with van der Waals surface area (Å²) in [5.74, 6) is 2.46. The molecule has 3 aliphatic carbocycles. The van der Waals surface area contributed by atoms with Crippen molar-refractivity contribution in [3.05, 3.63) is 34.9 Å². The molecule has 0 spiro atoms. The van der Waals surface area contributed by atoms with Gasteiger partial charge in [0.25, 0.3) is 0 Å². The summed E-state index contributed by atoms with van der Waals surface area (Å²) in [6.07, 6.45) is 8.03. The Labute approximate surface area is 216 Å². The van der Waals surface area contributed by atoms with Crippen molar-refractivity contribution < 1.29 is 31.5 Å². The maximum absolute atomic E-state index is 14.3. The van der Waals surface area contributed by atoms with E-state index < -0.39 is 23.4 Å². The van der Waals surface area contributed by atoms with Crippen LogP contribution in [0.1, 0.15) is 107 Å². The van der Waals surface area contributed by atoms with Crippen LogP contribution in [0.5, 0.6) is 0 Å². The third-order valence-corrected chi connectivity index (χ3v) is 9.06. The molecule has 0 heterocycles. The van der Waals surface area contributed by atoms with Crippen molar-refractivity contribution in [2.75, 3.05) is 0 Å². The van der Waals surface area contributed by atoms with Gasteiger partial charge in [-0.25, -0.2) is 8.78 Å².